The lowest BCUT2D eigenvalue weighted by Gasteiger charge is -2.11. The largest absolute Gasteiger partial charge is 0.416 e. The molecule has 10 heteroatoms. The average Bonchev–Trinajstić information content (AvgIpc) is 2.69. The number of rotatable bonds is 4. The van der Waals surface area contributed by atoms with Crippen molar-refractivity contribution >= 4 is 11.6 Å². The van der Waals surface area contributed by atoms with Gasteiger partial charge >= 0.3 is 6.18 Å². The number of hydrogen-bond acceptors (Lipinski definition) is 2. The molecule has 3 rings (SSSR count). The minimum Gasteiger partial charge on any atom is -0.319 e. The van der Waals surface area contributed by atoms with E-state index in [-0.39, 0.29) is 6.54 Å². The summed E-state index contributed by atoms with van der Waals surface area (Å²) < 4.78 is 79.0. The van der Waals surface area contributed by atoms with Gasteiger partial charge in [0, 0.05) is 6.20 Å². The molecule has 1 heterocycles. The van der Waals surface area contributed by atoms with Gasteiger partial charge in [-0.25, -0.2) is 13.2 Å². The van der Waals surface area contributed by atoms with E-state index in [1.807, 2.05) is 5.32 Å². The van der Waals surface area contributed by atoms with Gasteiger partial charge in [0.05, 0.1) is 17.8 Å². The van der Waals surface area contributed by atoms with E-state index in [0.29, 0.717) is 11.6 Å². The Bertz CT molecular complexity index is 1150. The molecule has 1 amide bonds. The molecule has 1 aromatic heterocycles. The fraction of sp³-hybridized carbons (Fsp3) is 0.100. The van der Waals surface area contributed by atoms with Crippen molar-refractivity contribution in [3.63, 3.8) is 0 Å². The summed E-state index contributed by atoms with van der Waals surface area (Å²) in [5.41, 5.74) is -2.36. The maximum Gasteiger partial charge on any atom is 0.416 e. The molecular formula is C20H12F6N2O2. The predicted molar refractivity (Wildman–Crippen MR) is 95.5 cm³/mol. The molecule has 0 atom stereocenters. The number of carbonyl (C=O) groups is 1. The molecule has 0 fully saturated rings. The van der Waals surface area contributed by atoms with E-state index in [2.05, 4.69) is 0 Å². The second-order valence-electron chi connectivity index (χ2n) is 6.23. The summed E-state index contributed by atoms with van der Waals surface area (Å²) in [6.07, 6.45) is -3.18. The highest BCUT2D eigenvalue weighted by molar-refractivity contribution is 6.04. The van der Waals surface area contributed by atoms with E-state index in [4.69, 9.17) is 0 Å². The molecule has 3 aromatic rings. The number of hydrogen-bond donors (Lipinski definition) is 1. The van der Waals surface area contributed by atoms with Crippen molar-refractivity contribution in [3.8, 4) is 0 Å². The molecule has 0 aliphatic heterocycles. The third-order valence-electron chi connectivity index (χ3n) is 4.18. The Kier molecular flexibility index (Phi) is 5.68. The van der Waals surface area contributed by atoms with Gasteiger partial charge in [-0.3, -0.25) is 9.59 Å². The van der Waals surface area contributed by atoms with Gasteiger partial charge < -0.3 is 9.88 Å². The number of aromatic nitrogens is 1. The highest BCUT2D eigenvalue weighted by Gasteiger charge is 2.30. The summed E-state index contributed by atoms with van der Waals surface area (Å²) in [4.78, 5) is 24.8. The number of benzene rings is 2. The quantitative estimate of drug-likeness (QED) is 0.490. The third-order valence-corrected chi connectivity index (χ3v) is 4.18. The first-order valence-corrected chi connectivity index (χ1v) is 8.38. The molecule has 4 nitrogen and oxygen atoms in total. The van der Waals surface area contributed by atoms with Gasteiger partial charge in [0.25, 0.3) is 11.5 Å². The summed E-state index contributed by atoms with van der Waals surface area (Å²) in [6.45, 7) is -0.127. The van der Waals surface area contributed by atoms with Crippen molar-refractivity contribution in [2.75, 3.05) is 5.32 Å². The predicted octanol–water partition coefficient (Wildman–Crippen LogP) is 4.59. The number of amides is 1. The molecule has 0 bridgehead atoms. The molecule has 2 aromatic carbocycles. The SMILES string of the molecule is O=C(Nc1ccc(F)c(F)c1F)c1cccn(Cc2ccc(C(F)(F)F)cc2)c1=O. The Morgan fingerprint density at radius 1 is 0.933 bits per heavy atom. The topological polar surface area (TPSA) is 51.1 Å². The van der Waals surface area contributed by atoms with Crippen molar-refractivity contribution in [3.05, 3.63) is 99.2 Å². The second-order valence-corrected chi connectivity index (χ2v) is 6.23. The van der Waals surface area contributed by atoms with Crippen LogP contribution in [0.1, 0.15) is 21.5 Å². The van der Waals surface area contributed by atoms with Crippen molar-refractivity contribution in [2.24, 2.45) is 0 Å². The second kappa shape index (κ2) is 8.05. The number of anilines is 1. The van der Waals surface area contributed by atoms with Gasteiger partial charge in [0.15, 0.2) is 17.5 Å². The highest BCUT2D eigenvalue weighted by atomic mass is 19.4. The number of alkyl halides is 3. The zero-order valence-electron chi connectivity index (χ0n) is 14.9. The Morgan fingerprint density at radius 2 is 1.60 bits per heavy atom. The molecule has 0 spiro atoms. The van der Waals surface area contributed by atoms with E-state index in [9.17, 15) is 35.9 Å². The number of nitrogens with one attached hydrogen (secondary N) is 1. The maximum atomic E-state index is 13.7. The normalized spacial score (nSPS) is 11.4. The Hall–Kier alpha value is -3.56. The van der Waals surface area contributed by atoms with Crippen LogP contribution in [0.25, 0.3) is 0 Å². The fourth-order valence-corrected chi connectivity index (χ4v) is 2.64. The number of nitrogens with zero attached hydrogens (tertiary/aromatic N) is 1. The van der Waals surface area contributed by atoms with Crippen LogP contribution in [-0.2, 0) is 12.7 Å². The Morgan fingerprint density at radius 3 is 2.23 bits per heavy atom. The lowest BCUT2D eigenvalue weighted by Crippen LogP contribution is -2.29. The van der Waals surface area contributed by atoms with Crippen LogP contribution >= 0.6 is 0 Å². The van der Waals surface area contributed by atoms with Crippen LogP contribution in [0.3, 0.4) is 0 Å². The molecule has 0 unspecified atom stereocenters. The van der Waals surface area contributed by atoms with E-state index in [1.165, 1.54) is 24.4 Å². The number of halogens is 6. The van der Waals surface area contributed by atoms with Crippen molar-refractivity contribution in [2.45, 2.75) is 12.7 Å². The zero-order valence-corrected chi connectivity index (χ0v) is 14.9. The van der Waals surface area contributed by atoms with Crippen LogP contribution in [0.15, 0.2) is 59.5 Å². The van der Waals surface area contributed by atoms with Crippen LogP contribution in [0.4, 0.5) is 32.0 Å². The number of pyridine rings is 1. The van der Waals surface area contributed by atoms with Crippen molar-refractivity contribution < 1.29 is 31.1 Å². The molecule has 156 valence electrons. The van der Waals surface area contributed by atoms with Gasteiger partial charge in [-0.1, -0.05) is 12.1 Å². The van der Waals surface area contributed by atoms with Crippen LogP contribution in [-0.4, -0.2) is 10.5 Å². The number of carbonyl (C=O) groups excluding carboxylic acids is 1. The van der Waals surface area contributed by atoms with E-state index in [1.54, 1.807) is 0 Å². The maximum absolute atomic E-state index is 13.7. The fourth-order valence-electron chi connectivity index (χ4n) is 2.64. The molecule has 0 radical (unpaired) electrons. The van der Waals surface area contributed by atoms with Crippen LogP contribution in [0.5, 0.6) is 0 Å². The highest BCUT2D eigenvalue weighted by Crippen LogP contribution is 2.29. The van der Waals surface area contributed by atoms with Crippen molar-refractivity contribution in [1.29, 1.82) is 0 Å². The van der Waals surface area contributed by atoms with Crippen LogP contribution in [0, 0.1) is 17.5 Å². The monoisotopic (exact) mass is 426 g/mol. The standard InChI is InChI=1S/C20H12F6N2O2/c21-14-7-8-15(17(23)16(14)22)27-18(29)13-2-1-9-28(19(13)30)10-11-3-5-12(6-4-11)20(24,25)26/h1-9H,10H2,(H,27,29). The summed E-state index contributed by atoms with van der Waals surface area (Å²) in [5, 5.41) is 1.99. The lowest BCUT2D eigenvalue weighted by atomic mass is 10.1. The molecular weight excluding hydrogens is 414 g/mol. The van der Waals surface area contributed by atoms with Gasteiger partial charge in [0.2, 0.25) is 0 Å². The summed E-state index contributed by atoms with van der Waals surface area (Å²) in [7, 11) is 0. The molecule has 1 N–H and O–H groups in total. The van der Waals surface area contributed by atoms with Gasteiger partial charge in [-0.05, 0) is 42.0 Å². The molecule has 0 saturated heterocycles. The lowest BCUT2D eigenvalue weighted by molar-refractivity contribution is -0.137. The average molecular weight is 426 g/mol. The molecule has 0 saturated carbocycles. The molecule has 30 heavy (non-hydrogen) atoms. The summed E-state index contributed by atoms with van der Waals surface area (Å²) >= 11 is 0. The van der Waals surface area contributed by atoms with Gasteiger partial charge in [-0.2, -0.15) is 13.2 Å². The molecule has 0 aliphatic rings. The van der Waals surface area contributed by atoms with E-state index in [0.717, 1.165) is 28.8 Å². The minimum absolute atomic E-state index is 0.127. The van der Waals surface area contributed by atoms with Crippen molar-refractivity contribution in [1.82, 2.24) is 4.57 Å². The Balaban J connectivity index is 1.84. The van der Waals surface area contributed by atoms with Crippen LogP contribution < -0.4 is 10.9 Å². The van der Waals surface area contributed by atoms with Gasteiger partial charge in [0.1, 0.15) is 5.56 Å². The first kappa shape index (κ1) is 21.2. The summed E-state index contributed by atoms with van der Waals surface area (Å²) in [6, 6.07) is 8.00. The van der Waals surface area contributed by atoms with Crippen LogP contribution in [0.2, 0.25) is 0 Å². The first-order chi connectivity index (χ1) is 14.1. The Labute approximate surface area is 165 Å². The van der Waals surface area contributed by atoms with E-state index < -0.39 is 51.9 Å². The third kappa shape index (κ3) is 4.37. The zero-order chi connectivity index (χ0) is 22.1. The first-order valence-electron chi connectivity index (χ1n) is 8.38. The van der Waals surface area contributed by atoms with Gasteiger partial charge in [-0.15, -0.1) is 0 Å². The minimum atomic E-state index is -4.50. The molecule has 0 aliphatic carbocycles. The smallest absolute Gasteiger partial charge is 0.319 e. The summed E-state index contributed by atoms with van der Waals surface area (Å²) in [5.74, 6) is -5.90. The van der Waals surface area contributed by atoms with E-state index >= 15 is 0 Å².